The minimum atomic E-state index is -1.26. The Hall–Kier alpha value is -4.68. The van der Waals surface area contributed by atoms with Crippen LogP contribution < -0.4 is 10.6 Å². The molecule has 2 saturated heterocycles. The molecule has 0 aromatic heterocycles. The van der Waals surface area contributed by atoms with E-state index >= 15 is 0 Å². The number of nitrogens with zero attached hydrogens (tertiary/aromatic N) is 2. The lowest BCUT2D eigenvalue weighted by Crippen LogP contribution is -2.31. The van der Waals surface area contributed by atoms with Crippen LogP contribution in [0.2, 0.25) is 0 Å². The standard InChI is InChI=1S/C34H44N4O4.C4H4O4/c39-31(15-21-37-17-7-3-1-4-8-18-37)35-25-11-13-27-29(23-25)33(41)28-14-12-26(24-30(28)34(27)42)36-32(40)16-22-38-19-9-5-2-6-10-20-38;5-3(6)1-2-4(7)8/h11-14,23-24H,1-10,15-22H2,(H,35,39)(H,36,40);1-2H,(H,5,6)(H,7,8)/b;2-1-. The van der Waals surface area contributed by atoms with Crippen molar-refractivity contribution in [1.29, 1.82) is 0 Å². The summed E-state index contributed by atoms with van der Waals surface area (Å²) in [6, 6.07) is 9.79. The van der Waals surface area contributed by atoms with Gasteiger partial charge >= 0.3 is 11.9 Å². The molecule has 0 unspecified atom stereocenters. The summed E-state index contributed by atoms with van der Waals surface area (Å²) < 4.78 is 0. The number of anilines is 2. The third-order valence-corrected chi connectivity index (χ3v) is 9.16. The Morgan fingerprint density at radius 3 is 1.22 bits per heavy atom. The molecule has 12 nitrogen and oxygen atoms in total. The molecule has 50 heavy (non-hydrogen) atoms. The van der Waals surface area contributed by atoms with Gasteiger partial charge in [-0.25, -0.2) is 9.59 Å². The zero-order valence-electron chi connectivity index (χ0n) is 28.6. The van der Waals surface area contributed by atoms with Crippen molar-refractivity contribution in [3.63, 3.8) is 0 Å². The Morgan fingerprint density at radius 1 is 0.540 bits per heavy atom. The van der Waals surface area contributed by atoms with E-state index in [0.29, 0.717) is 58.6 Å². The van der Waals surface area contributed by atoms with E-state index in [4.69, 9.17) is 10.2 Å². The molecule has 1 aliphatic carbocycles. The van der Waals surface area contributed by atoms with Crippen LogP contribution in [0, 0.1) is 0 Å². The summed E-state index contributed by atoms with van der Waals surface area (Å²) in [5.41, 5.74) is 2.23. The Morgan fingerprint density at radius 2 is 0.880 bits per heavy atom. The second-order valence-corrected chi connectivity index (χ2v) is 13.0. The van der Waals surface area contributed by atoms with E-state index in [1.54, 1.807) is 36.4 Å². The van der Waals surface area contributed by atoms with Crippen LogP contribution in [0.4, 0.5) is 11.4 Å². The van der Waals surface area contributed by atoms with E-state index in [1.165, 1.54) is 64.2 Å². The van der Waals surface area contributed by atoms with Crippen LogP contribution >= 0.6 is 0 Å². The van der Waals surface area contributed by atoms with E-state index in [0.717, 1.165) is 39.3 Å². The molecule has 2 fully saturated rings. The molecule has 12 heteroatoms. The molecule has 0 atom stereocenters. The van der Waals surface area contributed by atoms with Crippen molar-refractivity contribution in [2.45, 2.75) is 77.0 Å². The van der Waals surface area contributed by atoms with Gasteiger partial charge in [0, 0.05) is 71.7 Å². The van der Waals surface area contributed by atoms with Crippen molar-refractivity contribution < 1.29 is 39.0 Å². The summed E-state index contributed by atoms with van der Waals surface area (Å²) in [5.74, 6) is -3.23. The van der Waals surface area contributed by atoms with Gasteiger partial charge in [-0.05, 0) is 88.3 Å². The molecule has 2 heterocycles. The zero-order valence-corrected chi connectivity index (χ0v) is 28.6. The molecule has 2 aromatic carbocycles. The number of carboxylic acid groups (broad SMARTS) is 2. The Bertz CT molecular complexity index is 1450. The van der Waals surface area contributed by atoms with Gasteiger partial charge in [0.05, 0.1) is 0 Å². The number of aliphatic carboxylic acids is 2. The lowest BCUT2D eigenvalue weighted by Gasteiger charge is -2.24. The minimum Gasteiger partial charge on any atom is -0.478 e. The highest BCUT2D eigenvalue weighted by Gasteiger charge is 2.30. The quantitative estimate of drug-likeness (QED) is 0.203. The highest BCUT2D eigenvalue weighted by Crippen LogP contribution is 2.31. The van der Waals surface area contributed by atoms with E-state index in [1.807, 2.05) is 0 Å². The van der Waals surface area contributed by atoms with Crippen molar-refractivity contribution in [3.8, 4) is 0 Å². The maximum absolute atomic E-state index is 13.4. The highest BCUT2D eigenvalue weighted by molar-refractivity contribution is 6.29. The molecule has 0 spiro atoms. The van der Waals surface area contributed by atoms with Crippen LogP contribution in [0.1, 0.15) is 109 Å². The van der Waals surface area contributed by atoms with Crippen LogP contribution in [0.5, 0.6) is 0 Å². The van der Waals surface area contributed by atoms with Gasteiger partial charge in [0.1, 0.15) is 0 Å². The number of hydrogen-bond acceptors (Lipinski definition) is 8. The van der Waals surface area contributed by atoms with Gasteiger partial charge in [-0.2, -0.15) is 0 Å². The average molecular weight is 689 g/mol. The number of carbonyl (C=O) groups excluding carboxylic acids is 4. The van der Waals surface area contributed by atoms with E-state index in [-0.39, 0.29) is 23.4 Å². The summed E-state index contributed by atoms with van der Waals surface area (Å²) in [4.78, 5) is 76.0. The summed E-state index contributed by atoms with van der Waals surface area (Å²) in [6.07, 6.45) is 14.2. The SMILES string of the molecule is O=C(CCN1CCCCCCC1)Nc1ccc2c(c1)C(=O)c1ccc(NC(=O)CCN3CCCCCCC3)cc1C2=O.O=C(O)/C=C\C(=O)O. The number of likely N-dealkylation sites (tertiary alicyclic amines) is 2. The van der Waals surface area contributed by atoms with Gasteiger partial charge in [-0.15, -0.1) is 0 Å². The average Bonchev–Trinajstić information content (AvgIpc) is 3.05. The fraction of sp³-hybridized carbons (Fsp3) is 0.474. The van der Waals surface area contributed by atoms with Crippen LogP contribution in [0.25, 0.3) is 0 Å². The molecule has 2 amide bonds. The smallest absolute Gasteiger partial charge is 0.328 e. The summed E-state index contributed by atoms with van der Waals surface area (Å²) >= 11 is 0. The number of fused-ring (bicyclic) bond motifs is 2. The predicted octanol–water partition coefficient (Wildman–Crippen LogP) is 5.36. The molecule has 5 rings (SSSR count). The number of carboxylic acids is 2. The lowest BCUT2D eigenvalue weighted by molar-refractivity contribution is -0.134. The molecule has 3 aliphatic rings. The first kappa shape index (κ1) is 38.1. The molecular formula is C38H48N4O8. The van der Waals surface area contributed by atoms with Gasteiger partial charge in [0.2, 0.25) is 11.8 Å². The first-order valence-corrected chi connectivity index (χ1v) is 17.7. The lowest BCUT2D eigenvalue weighted by atomic mass is 9.83. The van der Waals surface area contributed by atoms with Gasteiger partial charge in [-0.3, -0.25) is 19.2 Å². The summed E-state index contributed by atoms with van der Waals surface area (Å²) in [5, 5.41) is 21.4. The molecule has 2 aromatic rings. The summed E-state index contributed by atoms with van der Waals surface area (Å²) in [6.45, 7) is 5.58. The molecule has 4 N–H and O–H groups in total. The van der Waals surface area contributed by atoms with Crippen LogP contribution in [0.15, 0.2) is 48.6 Å². The maximum Gasteiger partial charge on any atom is 0.328 e. The van der Waals surface area contributed by atoms with Gasteiger partial charge in [0.15, 0.2) is 11.6 Å². The van der Waals surface area contributed by atoms with E-state index in [2.05, 4.69) is 20.4 Å². The predicted molar refractivity (Wildman–Crippen MR) is 190 cm³/mol. The zero-order chi connectivity index (χ0) is 35.9. The van der Waals surface area contributed by atoms with Crippen molar-refractivity contribution in [2.24, 2.45) is 0 Å². The van der Waals surface area contributed by atoms with Crippen LogP contribution in [-0.2, 0) is 19.2 Å². The molecular weight excluding hydrogens is 640 g/mol. The van der Waals surface area contributed by atoms with Crippen molar-refractivity contribution in [3.05, 3.63) is 70.8 Å². The van der Waals surface area contributed by atoms with Crippen LogP contribution in [0.3, 0.4) is 0 Å². The van der Waals surface area contributed by atoms with Crippen molar-refractivity contribution in [2.75, 3.05) is 49.9 Å². The Kier molecular flexibility index (Phi) is 14.9. The molecule has 0 radical (unpaired) electrons. The number of nitrogens with one attached hydrogen (secondary N) is 2. The molecule has 2 aliphatic heterocycles. The number of amides is 2. The Labute approximate surface area is 292 Å². The first-order valence-electron chi connectivity index (χ1n) is 17.7. The fourth-order valence-electron chi connectivity index (χ4n) is 6.49. The number of hydrogen-bond donors (Lipinski definition) is 4. The fourth-order valence-corrected chi connectivity index (χ4v) is 6.49. The monoisotopic (exact) mass is 688 g/mol. The second-order valence-electron chi connectivity index (χ2n) is 13.0. The number of rotatable bonds is 10. The number of carbonyl (C=O) groups is 6. The Balaban J connectivity index is 0.000000627. The maximum atomic E-state index is 13.4. The van der Waals surface area contributed by atoms with Crippen molar-refractivity contribution >= 4 is 46.7 Å². The van der Waals surface area contributed by atoms with Gasteiger partial charge in [0.25, 0.3) is 0 Å². The highest BCUT2D eigenvalue weighted by atomic mass is 16.4. The number of ketones is 2. The first-order chi connectivity index (χ1) is 24.1. The van der Waals surface area contributed by atoms with Crippen molar-refractivity contribution in [1.82, 2.24) is 9.80 Å². The molecule has 268 valence electrons. The van der Waals surface area contributed by atoms with E-state index < -0.39 is 11.9 Å². The third kappa shape index (κ3) is 12.0. The van der Waals surface area contributed by atoms with Crippen LogP contribution in [-0.4, -0.2) is 94.6 Å². The third-order valence-electron chi connectivity index (χ3n) is 9.16. The largest absolute Gasteiger partial charge is 0.478 e. The van der Waals surface area contributed by atoms with Gasteiger partial charge < -0.3 is 30.6 Å². The minimum absolute atomic E-state index is 0.0984. The number of benzene rings is 2. The molecule has 0 bridgehead atoms. The normalized spacial score (nSPS) is 17.1. The van der Waals surface area contributed by atoms with Gasteiger partial charge in [-0.1, -0.05) is 38.5 Å². The van der Waals surface area contributed by atoms with E-state index in [9.17, 15) is 28.8 Å². The molecule has 0 saturated carbocycles. The topological polar surface area (TPSA) is 173 Å². The second kappa shape index (κ2) is 19.5. The summed E-state index contributed by atoms with van der Waals surface area (Å²) in [7, 11) is 0.